The molecule has 2 heteroatoms. The summed E-state index contributed by atoms with van der Waals surface area (Å²) < 4.78 is 1.11. The van der Waals surface area contributed by atoms with Gasteiger partial charge in [-0.1, -0.05) is 30.3 Å². The first-order chi connectivity index (χ1) is 7.77. The summed E-state index contributed by atoms with van der Waals surface area (Å²) in [6.07, 6.45) is 2.38. The molecule has 0 amide bonds. The van der Waals surface area contributed by atoms with E-state index < -0.39 is 0 Å². The summed E-state index contributed by atoms with van der Waals surface area (Å²) in [4.78, 5) is 0. The summed E-state index contributed by atoms with van der Waals surface area (Å²) in [6.45, 7) is 4.59. The van der Waals surface area contributed by atoms with Gasteiger partial charge in [-0.2, -0.15) is 0 Å². The molecule has 3 saturated heterocycles. The summed E-state index contributed by atoms with van der Waals surface area (Å²) >= 11 is 0. The minimum atomic E-state index is -0.0498. The van der Waals surface area contributed by atoms with E-state index in [0.717, 1.165) is 17.6 Å². The predicted molar refractivity (Wildman–Crippen MR) is 63.7 cm³/mol. The van der Waals surface area contributed by atoms with E-state index in [2.05, 4.69) is 30.3 Å². The van der Waals surface area contributed by atoms with Crippen LogP contribution in [0, 0.1) is 5.92 Å². The summed E-state index contributed by atoms with van der Waals surface area (Å²) in [5, 5.41) is 10.0. The number of nitrogens with zero attached hydrogens (tertiary/aromatic N) is 1. The number of aliphatic hydroxyl groups excluding tert-OH is 1. The maximum Gasteiger partial charge on any atom is 0.106 e. The standard InChI is InChI=1S/C14H20NO/c16-14-11-15(8-6-13(14)7-9-15)10-12-4-2-1-3-5-12/h1-5,13-14,16H,6-11H2/q+1. The van der Waals surface area contributed by atoms with Crippen molar-refractivity contribution in [1.82, 2.24) is 0 Å². The first-order valence-electron chi connectivity index (χ1n) is 6.35. The SMILES string of the molecule is OC1C[N+]2(Cc3ccccc3)CCC1CC2. The van der Waals surface area contributed by atoms with E-state index in [1.165, 1.54) is 31.5 Å². The lowest BCUT2D eigenvalue weighted by atomic mass is 9.83. The van der Waals surface area contributed by atoms with Crippen LogP contribution in [0.3, 0.4) is 0 Å². The third kappa shape index (κ3) is 1.76. The molecule has 3 fully saturated rings. The highest BCUT2D eigenvalue weighted by atomic mass is 16.3. The van der Waals surface area contributed by atoms with Gasteiger partial charge in [-0.25, -0.2) is 0 Å². The summed E-state index contributed by atoms with van der Waals surface area (Å²) in [5.74, 6) is 0.593. The second-order valence-electron chi connectivity index (χ2n) is 5.52. The molecule has 3 aliphatic heterocycles. The number of quaternary nitrogens is 1. The van der Waals surface area contributed by atoms with Gasteiger partial charge >= 0.3 is 0 Å². The molecule has 0 radical (unpaired) electrons. The highest BCUT2D eigenvalue weighted by Crippen LogP contribution is 2.35. The van der Waals surface area contributed by atoms with E-state index in [0.29, 0.717) is 5.92 Å². The molecule has 0 saturated carbocycles. The van der Waals surface area contributed by atoms with Crippen LogP contribution in [0.15, 0.2) is 30.3 Å². The van der Waals surface area contributed by atoms with Crippen molar-refractivity contribution in [2.45, 2.75) is 25.5 Å². The molecule has 16 heavy (non-hydrogen) atoms. The van der Waals surface area contributed by atoms with Crippen molar-refractivity contribution < 1.29 is 9.59 Å². The van der Waals surface area contributed by atoms with Gasteiger partial charge in [-0.3, -0.25) is 0 Å². The number of fused-ring (bicyclic) bond motifs is 3. The monoisotopic (exact) mass is 218 g/mol. The molecule has 0 aliphatic carbocycles. The molecule has 86 valence electrons. The van der Waals surface area contributed by atoms with Crippen molar-refractivity contribution >= 4 is 0 Å². The zero-order chi connectivity index (χ0) is 11.0. The van der Waals surface area contributed by atoms with Crippen molar-refractivity contribution in [3.05, 3.63) is 35.9 Å². The molecule has 1 N–H and O–H groups in total. The van der Waals surface area contributed by atoms with Gasteiger partial charge in [-0.05, 0) is 0 Å². The van der Waals surface area contributed by atoms with E-state index in [1.54, 1.807) is 0 Å². The normalized spacial score (nSPS) is 37.6. The average Bonchev–Trinajstić information content (AvgIpc) is 2.31. The van der Waals surface area contributed by atoms with E-state index in [9.17, 15) is 5.11 Å². The second kappa shape index (κ2) is 3.86. The molecule has 0 spiro atoms. The van der Waals surface area contributed by atoms with E-state index in [4.69, 9.17) is 0 Å². The highest BCUT2D eigenvalue weighted by molar-refractivity contribution is 5.13. The molecular weight excluding hydrogens is 198 g/mol. The Morgan fingerprint density at radius 2 is 1.81 bits per heavy atom. The lowest BCUT2D eigenvalue weighted by Gasteiger charge is -2.51. The molecule has 1 atom stereocenters. The van der Waals surface area contributed by atoms with Crippen LogP contribution in [0.2, 0.25) is 0 Å². The van der Waals surface area contributed by atoms with Crippen molar-refractivity contribution in [3.8, 4) is 0 Å². The lowest BCUT2D eigenvalue weighted by Crippen LogP contribution is -2.62. The number of benzene rings is 1. The smallest absolute Gasteiger partial charge is 0.106 e. The van der Waals surface area contributed by atoms with Crippen molar-refractivity contribution in [3.63, 3.8) is 0 Å². The van der Waals surface area contributed by atoms with Gasteiger partial charge in [0.15, 0.2) is 0 Å². The number of hydrogen-bond donors (Lipinski definition) is 1. The van der Waals surface area contributed by atoms with Crippen molar-refractivity contribution in [2.75, 3.05) is 19.6 Å². The molecule has 1 aromatic rings. The number of hydrogen-bond acceptors (Lipinski definition) is 1. The minimum absolute atomic E-state index is 0.0498. The molecule has 2 nitrogen and oxygen atoms in total. The lowest BCUT2D eigenvalue weighted by molar-refractivity contribution is -0.958. The van der Waals surface area contributed by atoms with Gasteiger partial charge in [0, 0.05) is 24.3 Å². The number of aliphatic hydroxyl groups is 1. The van der Waals surface area contributed by atoms with Crippen LogP contribution in [0.5, 0.6) is 0 Å². The molecule has 2 bridgehead atoms. The fourth-order valence-electron chi connectivity index (χ4n) is 3.44. The molecule has 3 heterocycles. The van der Waals surface area contributed by atoms with Crippen molar-refractivity contribution in [1.29, 1.82) is 0 Å². The Morgan fingerprint density at radius 3 is 2.44 bits per heavy atom. The second-order valence-corrected chi connectivity index (χ2v) is 5.52. The topological polar surface area (TPSA) is 20.2 Å². The van der Waals surface area contributed by atoms with Crippen LogP contribution in [0.1, 0.15) is 18.4 Å². The Hall–Kier alpha value is -0.860. The molecule has 3 aliphatic rings. The van der Waals surface area contributed by atoms with E-state index in [1.807, 2.05) is 0 Å². The zero-order valence-corrected chi connectivity index (χ0v) is 9.68. The van der Waals surface area contributed by atoms with Crippen LogP contribution >= 0.6 is 0 Å². The number of rotatable bonds is 2. The third-order valence-corrected chi connectivity index (χ3v) is 4.43. The molecule has 1 unspecified atom stereocenters. The third-order valence-electron chi connectivity index (χ3n) is 4.43. The Balaban J connectivity index is 1.78. The van der Waals surface area contributed by atoms with Crippen LogP contribution < -0.4 is 0 Å². The number of piperidine rings is 3. The van der Waals surface area contributed by atoms with E-state index in [-0.39, 0.29) is 6.10 Å². The van der Waals surface area contributed by atoms with Gasteiger partial charge in [0.05, 0.1) is 13.1 Å². The Bertz CT molecular complexity index is 354. The van der Waals surface area contributed by atoms with Gasteiger partial charge in [0.2, 0.25) is 0 Å². The first kappa shape index (κ1) is 10.3. The predicted octanol–water partition coefficient (Wildman–Crippen LogP) is 1.79. The highest BCUT2D eigenvalue weighted by Gasteiger charge is 2.44. The first-order valence-corrected chi connectivity index (χ1v) is 6.35. The zero-order valence-electron chi connectivity index (χ0n) is 9.68. The Kier molecular flexibility index (Phi) is 2.49. The van der Waals surface area contributed by atoms with Gasteiger partial charge in [-0.15, -0.1) is 0 Å². The molecule has 0 aromatic heterocycles. The molecule has 1 aromatic carbocycles. The fraction of sp³-hybridized carbons (Fsp3) is 0.571. The summed E-state index contributed by atoms with van der Waals surface area (Å²) in [7, 11) is 0. The largest absolute Gasteiger partial charge is 0.387 e. The average molecular weight is 218 g/mol. The maximum atomic E-state index is 10.0. The fourth-order valence-corrected chi connectivity index (χ4v) is 3.44. The van der Waals surface area contributed by atoms with Crippen LogP contribution in [-0.4, -0.2) is 35.3 Å². The maximum absolute atomic E-state index is 10.0. The summed E-state index contributed by atoms with van der Waals surface area (Å²) in [6, 6.07) is 10.7. The van der Waals surface area contributed by atoms with Gasteiger partial charge in [0.1, 0.15) is 19.2 Å². The summed E-state index contributed by atoms with van der Waals surface area (Å²) in [5.41, 5.74) is 1.41. The quantitative estimate of drug-likeness (QED) is 0.750. The van der Waals surface area contributed by atoms with Gasteiger partial charge in [0.25, 0.3) is 0 Å². The van der Waals surface area contributed by atoms with Crippen LogP contribution in [-0.2, 0) is 6.54 Å². The molecular formula is C14H20NO+. The van der Waals surface area contributed by atoms with E-state index >= 15 is 0 Å². The van der Waals surface area contributed by atoms with Crippen molar-refractivity contribution in [2.24, 2.45) is 5.92 Å². The molecule has 4 rings (SSSR count). The Labute approximate surface area is 97.1 Å². The van der Waals surface area contributed by atoms with Crippen LogP contribution in [0.4, 0.5) is 0 Å². The Morgan fingerprint density at radius 1 is 1.12 bits per heavy atom. The van der Waals surface area contributed by atoms with Gasteiger partial charge < -0.3 is 9.59 Å². The van der Waals surface area contributed by atoms with Crippen LogP contribution in [0.25, 0.3) is 0 Å². The minimum Gasteiger partial charge on any atom is -0.387 e.